The van der Waals surface area contributed by atoms with Gasteiger partial charge in [0, 0.05) is 17.5 Å². The van der Waals surface area contributed by atoms with Gasteiger partial charge in [0.05, 0.1) is 0 Å². The quantitative estimate of drug-likeness (QED) is 0.742. The molecule has 1 rings (SSSR count). The van der Waals surface area contributed by atoms with Gasteiger partial charge in [-0.2, -0.15) is 0 Å². The van der Waals surface area contributed by atoms with Crippen LogP contribution in [0.25, 0.3) is 0 Å². The zero-order valence-corrected chi connectivity index (χ0v) is 14.5. The second-order valence-electron chi connectivity index (χ2n) is 7.84. The summed E-state index contributed by atoms with van der Waals surface area (Å²) >= 11 is 0. The first-order valence-corrected chi connectivity index (χ1v) is 7.94. The minimum absolute atomic E-state index is 0.108. The van der Waals surface area contributed by atoms with Gasteiger partial charge in [-0.1, -0.05) is 45.0 Å². The first kappa shape index (κ1) is 17.9. The van der Waals surface area contributed by atoms with Crippen molar-refractivity contribution in [1.29, 1.82) is 0 Å². The van der Waals surface area contributed by atoms with Gasteiger partial charge in [0.25, 0.3) is 0 Å². The summed E-state index contributed by atoms with van der Waals surface area (Å²) in [5.41, 5.74) is 2.53. The topological polar surface area (TPSA) is 29.1 Å². The first-order valence-electron chi connectivity index (χ1n) is 7.94. The number of rotatable bonds is 7. The summed E-state index contributed by atoms with van der Waals surface area (Å²) in [4.78, 5) is 12.2. The number of Topliss-reactive ketones (excluding diaryl/α,β-unsaturated/α-hetero) is 1. The Morgan fingerprint density at radius 3 is 2.10 bits per heavy atom. The molecule has 0 fully saturated rings. The molecule has 1 N–H and O–H groups in total. The fraction of sp³-hybridized carbons (Fsp3) is 0.632. The van der Waals surface area contributed by atoms with Crippen molar-refractivity contribution in [2.75, 3.05) is 7.05 Å². The highest BCUT2D eigenvalue weighted by molar-refractivity contribution is 5.96. The molecule has 118 valence electrons. The van der Waals surface area contributed by atoms with Crippen LogP contribution in [0.5, 0.6) is 0 Å². The minimum Gasteiger partial charge on any atom is -0.315 e. The maximum Gasteiger partial charge on any atom is 0.162 e. The molecule has 0 radical (unpaired) electrons. The van der Waals surface area contributed by atoms with Crippen molar-refractivity contribution < 1.29 is 4.79 Å². The molecule has 0 aliphatic rings. The lowest BCUT2D eigenvalue weighted by atomic mass is 9.87. The number of carbonyl (C=O) groups is 1. The lowest BCUT2D eigenvalue weighted by Crippen LogP contribution is -2.35. The summed E-state index contributed by atoms with van der Waals surface area (Å²) in [6.45, 7) is 11.0. The molecule has 0 atom stereocenters. The maximum absolute atomic E-state index is 12.2. The average molecular weight is 289 g/mol. The van der Waals surface area contributed by atoms with Crippen LogP contribution in [-0.2, 0) is 6.42 Å². The SMILES string of the molecule is CNC(C)(C)CCCC(=O)c1ccc(CC(C)(C)C)cc1. The highest BCUT2D eigenvalue weighted by atomic mass is 16.1. The molecule has 0 aromatic heterocycles. The van der Waals surface area contributed by atoms with Gasteiger partial charge in [0.1, 0.15) is 0 Å². The van der Waals surface area contributed by atoms with Crippen molar-refractivity contribution in [1.82, 2.24) is 5.32 Å². The highest BCUT2D eigenvalue weighted by Gasteiger charge is 2.16. The molecule has 0 bridgehead atoms. The summed E-state index contributed by atoms with van der Waals surface area (Å²) in [6.07, 6.45) is 3.61. The minimum atomic E-state index is 0.108. The van der Waals surface area contributed by atoms with Crippen LogP contribution in [0.1, 0.15) is 69.8 Å². The Labute approximate surface area is 130 Å². The molecule has 0 saturated carbocycles. The second kappa shape index (κ2) is 7.22. The third-order valence-corrected chi connectivity index (χ3v) is 3.89. The summed E-state index contributed by atoms with van der Waals surface area (Å²) in [7, 11) is 1.97. The van der Waals surface area contributed by atoms with Crippen LogP contribution in [0.15, 0.2) is 24.3 Å². The van der Waals surface area contributed by atoms with E-state index in [1.807, 2.05) is 19.2 Å². The van der Waals surface area contributed by atoms with Crippen LogP contribution in [-0.4, -0.2) is 18.4 Å². The molecule has 0 saturated heterocycles. The Kier molecular flexibility index (Phi) is 6.15. The summed E-state index contributed by atoms with van der Waals surface area (Å²) in [5.74, 6) is 0.254. The molecule has 0 aliphatic carbocycles. The van der Waals surface area contributed by atoms with Gasteiger partial charge in [-0.15, -0.1) is 0 Å². The number of hydrogen-bond acceptors (Lipinski definition) is 2. The molecule has 0 amide bonds. The zero-order chi connectivity index (χ0) is 16.1. The van der Waals surface area contributed by atoms with Crippen LogP contribution in [0.4, 0.5) is 0 Å². The normalized spacial score (nSPS) is 12.5. The van der Waals surface area contributed by atoms with Crippen LogP contribution in [0.2, 0.25) is 0 Å². The van der Waals surface area contributed by atoms with Crippen molar-refractivity contribution >= 4 is 5.78 Å². The van der Waals surface area contributed by atoms with Crippen molar-refractivity contribution in [2.24, 2.45) is 5.41 Å². The van der Waals surface area contributed by atoms with E-state index < -0.39 is 0 Å². The number of benzene rings is 1. The number of carbonyl (C=O) groups excluding carboxylic acids is 1. The van der Waals surface area contributed by atoms with E-state index in [2.05, 4.69) is 52.1 Å². The van der Waals surface area contributed by atoms with Crippen molar-refractivity contribution in [3.05, 3.63) is 35.4 Å². The Bertz CT molecular complexity index is 451. The van der Waals surface area contributed by atoms with E-state index in [9.17, 15) is 4.79 Å². The van der Waals surface area contributed by atoms with Gasteiger partial charge in [0.2, 0.25) is 0 Å². The average Bonchev–Trinajstić information content (AvgIpc) is 2.37. The lowest BCUT2D eigenvalue weighted by Gasteiger charge is -2.23. The van der Waals surface area contributed by atoms with Crippen LogP contribution in [0.3, 0.4) is 0 Å². The summed E-state index contributed by atoms with van der Waals surface area (Å²) < 4.78 is 0. The van der Waals surface area contributed by atoms with E-state index in [0.29, 0.717) is 6.42 Å². The standard InChI is InChI=1S/C19H31NO/c1-18(2,3)14-15-9-11-16(12-10-15)17(21)8-7-13-19(4,5)20-6/h9-12,20H,7-8,13-14H2,1-6H3. The van der Waals surface area contributed by atoms with E-state index >= 15 is 0 Å². The first-order chi connectivity index (χ1) is 9.63. The molecule has 0 spiro atoms. The van der Waals surface area contributed by atoms with E-state index in [1.54, 1.807) is 0 Å². The summed E-state index contributed by atoms with van der Waals surface area (Å²) in [5, 5.41) is 3.27. The fourth-order valence-electron chi connectivity index (χ4n) is 2.38. The smallest absolute Gasteiger partial charge is 0.162 e. The zero-order valence-electron chi connectivity index (χ0n) is 14.5. The van der Waals surface area contributed by atoms with Gasteiger partial charge in [-0.05, 0) is 51.1 Å². The molecule has 1 aromatic carbocycles. The predicted molar refractivity (Wildman–Crippen MR) is 90.9 cm³/mol. The van der Waals surface area contributed by atoms with E-state index in [-0.39, 0.29) is 16.7 Å². The number of ketones is 1. The van der Waals surface area contributed by atoms with Crippen molar-refractivity contribution in [3.63, 3.8) is 0 Å². The number of hydrogen-bond donors (Lipinski definition) is 1. The Balaban J connectivity index is 2.52. The molecule has 2 nitrogen and oxygen atoms in total. The fourth-order valence-corrected chi connectivity index (χ4v) is 2.38. The van der Waals surface area contributed by atoms with E-state index in [1.165, 1.54) is 5.56 Å². The van der Waals surface area contributed by atoms with E-state index in [4.69, 9.17) is 0 Å². The molecular weight excluding hydrogens is 258 g/mol. The molecule has 2 heteroatoms. The Morgan fingerprint density at radius 1 is 1.05 bits per heavy atom. The monoisotopic (exact) mass is 289 g/mol. The Hall–Kier alpha value is -1.15. The third-order valence-electron chi connectivity index (χ3n) is 3.89. The molecule has 0 aliphatic heterocycles. The van der Waals surface area contributed by atoms with Gasteiger partial charge >= 0.3 is 0 Å². The van der Waals surface area contributed by atoms with E-state index in [0.717, 1.165) is 24.8 Å². The van der Waals surface area contributed by atoms with Crippen LogP contribution < -0.4 is 5.32 Å². The third kappa shape index (κ3) is 6.90. The van der Waals surface area contributed by atoms with Gasteiger partial charge in [-0.3, -0.25) is 4.79 Å². The molecule has 0 unspecified atom stereocenters. The van der Waals surface area contributed by atoms with Crippen molar-refractivity contribution in [3.8, 4) is 0 Å². The molecular formula is C19H31NO. The maximum atomic E-state index is 12.2. The van der Waals surface area contributed by atoms with Crippen LogP contribution in [0, 0.1) is 5.41 Å². The van der Waals surface area contributed by atoms with Gasteiger partial charge < -0.3 is 5.32 Å². The Morgan fingerprint density at radius 2 is 1.62 bits per heavy atom. The van der Waals surface area contributed by atoms with Crippen LogP contribution >= 0.6 is 0 Å². The number of nitrogens with one attached hydrogen (secondary N) is 1. The molecule has 1 aromatic rings. The lowest BCUT2D eigenvalue weighted by molar-refractivity contribution is 0.0977. The largest absolute Gasteiger partial charge is 0.315 e. The van der Waals surface area contributed by atoms with Crippen molar-refractivity contribution in [2.45, 2.75) is 65.8 Å². The summed E-state index contributed by atoms with van der Waals surface area (Å²) in [6, 6.07) is 8.14. The molecule has 0 heterocycles. The predicted octanol–water partition coefficient (Wildman–Crippen LogP) is 4.63. The van der Waals surface area contributed by atoms with Gasteiger partial charge in [0.15, 0.2) is 5.78 Å². The molecule has 21 heavy (non-hydrogen) atoms. The second-order valence-corrected chi connectivity index (χ2v) is 7.84. The van der Waals surface area contributed by atoms with Gasteiger partial charge in [-0.25, -0.2) is 0 Å². The highest BCUT2D eigenvalue weighted by Crippen LogP contribution is 2.21.